The molecule has 90 valence electrons. The van der Waals surface area contributed by atoms with Crippen LogP contribution in [-0.2, 0) is 6.42 Å². The molecule has 2 nitrogen and oxygen atoms in total. The molecule has 0 aliphatic carbocycles. The molecule has 0 fully saturated rings. The maximum absolute atomic E-state index is 6.16. The van der Waals surface area contributed by atoms with Gasteiger partial charge in [0, 0.05) is 23.9 Å². The van der Waals surface area contributed by atoms with Crippen molar-refractivity contribution >= 4 is 24.2 Å². The Balaban J connectivity index is 2.54. The highest BCUT2D eigenvalue weighted by Crippen LogP contribution is 2.22. The lowest BCUT2D eigenvalue weighted by atomic mass is 10.1. The van der Waals surface area contributed by atoms with Crippen LogP contribution in [0.15, 0.2) is 18.2 Å². The minimum absolute atomic E-state index is 0.777. The first kappa shape index (κ1) is 13.7. The van der Waals surface area contributed by atoms with E-state index >= 15 is 0 Å². The number of rotatable bonds is 6. The summed E-state index contributed by atoms with van der Waals surface area (Å²) >= 11 is 10.4. The van der Waals surface area contributed by atoms with Crippen LogP contribution in [0.3, 0.4) is 0 Å². The largest absolute Gasteiger partial charge is 0.497 e. The number of hydrogen-bond acceptors (Lipinski definition) is 3. The molecule has 0 aliphatic rings. The van der Waals surface area contributed by atoms with E-state index in [1.165, 1.54) is 0 Å². The Hall–Kier alpha value is -0.380. The van der Waals surface area contributed by atoms with E-state index in [4.69, 9.17) is 16.3 Å². The molecule has 0 unspecified atom stereocenters. The number of hydrogen-bond donors (Lipinski definition) is 1. The Kier molecular flexibility index (Phi) is 6.03. The highest BCUT2D eigenvalue weighted by atomic mass is 35.5. The lowest BCUT2D eigenvalue weighted by Crippen LogP contribution is -2.23. The first-order chi connectivity index (χ1) is 7.67. The van der Waals surface area contributed by atoms with Gasteiger partial charge in [-0.15, -0.1) is 0 Å². The summed E-state index contributed by atoms with van der Waals surface area (Å²) in [5.74, 6) is 1.68. The van der Waals surface area contributed by atoms with Crippen molar-refractivity contribution < 1.29 is 4.74 Å². The summed E-state index contributed by atoms with van der Waals surface area (Å²) in [5.41, 5.74) is 1.16. The average molecular weight is 260 g/mol. The molecule has 1 rings (SSSR count). The van der Waals surface area contributed by atoms with Crippen molar-refractivity contribution in [2.24, 2.45) is 0 Å². The summed E-state index contributed by atoms with van der Waals surface area (Å²) < 4.78 is 5.11. The van der Waals surface area contributed by atoms with Crippen molar-refractivity contribution in [3.05, 3.63) is 28.8 Å². The fraction of sp³-hybridized carbons (Fsp3) is 0.500. The fourth-order valence-electron chi connectivity index (χ4n) is 1.45. The molecule has 0 saturated heterocycles. The summed E-state index contributed by atoms with van der Waals surface area (Å²) in [5, 5.41) is 0.777. The molecular weight excluding hydrogens is 242 g/mol. The van der Waals surface area contributed by atoms with Crippen molar-refractivity contribution in [1.82, 2.24) is 4.90 Å². The molecule has 0 radical (unpaired) electrons. The first-order valence-electron chi connectivity index (χ1n) is 5.29. The number of likely N-dealkylation sites (N-methyl/N-ethyl adjacent to an activating group) is 1. The molecule has 0 heterocycles. The first-order valence-corrected chi connectivity index (χ1v) is 6.30. The Bertz CT molecular complexity index is 333. The summed E-state index contributed by atoms with van der Waals surface area (Å²) in [6, 6.07) is 5.82. The predicted molar refractivity (Wildman–Crippen MR) is 73.1 cm³/mol. The van der Waals surface area contributed by atoms with Crippen LogP contribution < -0.4 is 4.74 Å². The second-order valence-electron chi connectivity index (χ2n) is 3.73. The normalized spacial score (nSPS) is 10.8. The van der Waals surface area contributed by atoms with Crippen molar-refractivity contribution in [1.29, 1.82) is 0 Å². The van der Waals surface area contributed by atoms with Crippen LogP contribution in [0, 0.1) is 0 Å². The monoisotopic (exact) mass is 259 g/mol. The molecule has 0 atom stereocenters. The Labute approximate surface area is 108 Å². The van der Waals surface area contributed by atoms with E-state index in [9.17, 15) is 0 Å². The highest BCUT2D eigenvalue weighted by molar-refractivity contribution is 7.80. The van der Waals surface area contributed by atoms with E-state index in [0.717, 1.165) is 41.6 Å². The quantitative estimate of drug-likeness (QED) is 0.789. The number of methoxy groups -OCH3 is 1. The minimum Gasteiger partial charge on any atom is -0.497 e. The van der Waals surface area contributed by atoms with Crippen molar-refractivity contribution in [2.75, 3.05) is 33.0 Å². The molecule has 0 bridgehead atoms. The predicted octanol–water partition coefficient (Wildman–Crippen LogP) is 2.75. The van der Waals surface area contributed by atoms with Crippen LogP contribution in [-0.4, -0.2) is 37.9 Å². The maximum atomic E-state index is 6.16. The zero-order valence-electron chi connectivity index (χ0n) is 9.74. The van der Waals surface area contributed by atoms with Gasteiger partial charge in [-0.25, -0.2) is 0 Å². The number of thiol groups is 1. The van der Waals surface area contributed by atoms with Gasteiger partial charge in [0.25, 0.3) is 0 Å². The fourth-order valence-corrected chi connectivity index (χ4v) is 2.06. The van der Waals surface area contributed by atoms with Crippen LogP contribution >= 0.6 is 24.2 Å². The van der Waals surface area contributed by atoms with Gasteiger partial charge in [-0.3, -0.25) is 0 Å². The molecule has 0 aromatic heterocycles. The summed E-state index contributed by atoms with van der Waals surface area (Å²) in [6.07, 6.45) is 0.951. The van der Waals surface area contributed by atoms with E-state index in [2.05, 4.69) is 24.6 Å². The molecule has 0 aliphatic heterocycles. The maximum Gasteiger partial charge on any atom is 0.120 e. The summed E-state index contributed by atoms with van der Waals surface area (Å²) in [6.45, 7) is 1.99. The van der Waals surface area contributed by atoms with Gasteiger partial charge in [-0.05, 0) is 31.2 Å². The second-order valence-corrected chi connectivity index (χ2v) is 4.59. The molecule has 0 amide bonds. The van der Waals surface area contributed by atoms with Gasteiger partial charge in [0.05, 0.1) is 7.11 Å². The standard InChI is InChI=1S/C12H18ClNOS/c1-14(7-8-16)6-5-10-3-4-11(15-2)9-12(10)13/h3-4,9,16H,5-8H2,1-2H3. The van der Waals surface area contributed by atoms with Gasteiger partial charge in [0.15, 0.2) is 0 Å². The molecule has 1 aromatic rings. The average Bonchev–Trinajstić information content (AvgIpc) is 2.27. The lowest BCUT2D eigenvalue weighted by Gasteiger charge is -2.15. The van der Waals surface area contributed by atoms with E-state index in [-0.39, 0.29) is 0 Å². The Morgan fingerprint density at radius 2 is 2.12 bits per heavy atom. The van der Waals surface area contributed by atoms with E-state index in [1.54, 1.807) is 7.11 Å². The minimum atomic E-state index is 0.777. The highest BCUT2D eigenvalue weighted by Gasteiger charge is 2.04. The molecule has 4 heteroatoms. The summed E-state index contributed by atoms with van der Waals surface area (Å²) in [7, 11) is 3.74. The number of benzene rings is 1. The molecule has 0 N–H and O–H groups in total. The third-order valence-electron chi connectivity index (χ3n) is 2.50. The Morgan fingerprint density at radius 3 is 2.69 bits per heavy atom. The van der Waals surface area contributed by atoms with Gasteiger partial charge >= 0.3 is 0 Å². The molecule has 0 spiro atoms. The zero-order valence-corrected chi connectivity index (χ0v) is 11.4. The third-order valence-corrected chi connectivity index (χ3v) is 3.06. The van der Waals surface area contributed by atoms with Crippen LogP contribution in [0.1, 0.15) is 5.56 Å². The van der Waals surface area contributed by atoms with E-state index < -0.39 is 0 Å². The lowest BCUT2D eigenvalue weighted by molar-refractivity contribution is 0.360. The Morgan fingerprint density at radius 1 is 1.38 bits per heavy atom. The van der Waals surface area contributed by atoms with Gasteiger partial charge in [-0.1, -0.05) is 17.7 Å². The molecular formula is C12H18ClNOS. The van der Waals surface area contributed by atoms with Gasteiger partial charge in [0.2, 0.25) is 0 Å². The van der Waals surface area contributed by atoms with Crippen LogP contribution in [0.25, 0.3) is 0 Å². The van der Waals surface area contributed by atoms with Gasteiger partial charge in [0.1, 0.15) is 5.75 Å². The molecule has 16 heavy (non-hydrogen) atoms. The zero-order chi connectivity index (χ0) is 12.0. The molecule has 0 saturated carbocycles. The van der Waals surface area contributed by atoms with Crippen LogP contribution in [0.5, 0.6) is 5.75 Å². The SMILES string of the molecule is COc1ccc(CCN(C)CCS)c(Cl)c1. The van der Waals surface area contributed by atoms with Crippen molar-refractivity contribution in [2.45, 2.75) is 6.42 Å². The summed E-state index contributed by atoms with van der Waals surface area (Å²) in [4.78, 5) is 2.24. The van der Waals surface area contributed by atoms with Crippen LogP contribution in [0.4, 0.5) is 0 Å². The second kappa shape index (κ2) is 7.05. The number of halogens is 1. The molecule has 1 aromatic carbocycles. The van der Waals surface area contributed by atoms with E-state index in [1.807, 2.05) is 18.2 Å². The van der Waals surface area contributed by atoms with Gasteiger partial charge in [-0.2, -0.15) is 12.6 Å². The van der Waals surface area contributed by atoms with E-state index in [0.29, 0.717) is 0 Å². The van der Waals surface area contributed by atoms with Crippen molar-refractivity contribution in [3.63, 3.8) is 0 Å². The van der Waals surface area contributed by atoms with Crippen LogP contribution in [0.2, 0.25) is 5.02 Å². The third kappa shape index (κ3) is 4.24. The number of nitrogens with zero attached hydrogens (tertiary/aromatic N) is 1. The van der Waals surface area contributed by atoms with Crippen molar-refractivity contribution in [3.8, 4) is 5.75 Å². The number of ether oxygens (including phenoxy) is 1. The smallest absolute Gasteiger partial charge is 0.120 e. The topological polar surface area (TPSA) is 12.5 Å². The van der Waals surface area contributed by atoms with Gasteiger partial charge < -0.3 is 9.64 Å².